The maximum atomic E-state index is 12.2. The number of rotatable bonds is 8. The zero-order valence-corrected chi connectivity index (χ0v) is 17.5. The maximum Gasteiger partial charge on any atom is 0.230 e. The van der Waals surface area contributed by atoms with Gasteiger partial charge in [-0.3, -0.25) is 4.79 Å². The second-order valence-electron chi connectivity index (χ2n) is 6.04. The van der Waals surface area contributed by atoms with Gasteiger partial charge in [-0.2, -0.15) is 0 Å². The molecule has 0 spiro atoms. The minimum absolute atomic E-state index is 0.120. The van der Waals surface area contributed by atoms with Crippen LogP contribution >= 0.6 is 34.7 Å². The molecule has 4 rings (SSSR count). The van der Waals surface area contributed by atoms with Gasteiger partial charge in [0.15, 0.2) is 0 Å². The Kier molecular flexibility index (Phi) is 6.28. The minimum atomic E-state index is -0.120. The highest BCUT2D eigenvalue weighted by Crippen LogP contribution is 2.24. The van der Waals surface area contributed by atoms with Gasteiger partial charge < -0.3 is 9.73 Å². The zero-order chi connectivity index (χ0) is 20.1. The maximum absolute atomic E-state index is 12.2. The molecule has 0 bridgehead atoms. The Balaban J connectivity index is 1.27. The fraction of sp³-hybridized carbons (Fsp3) is 0.158. The van der Waals surface area contributed by atoms with Crippen LogP contribution in [-0.2, 0) is 17.9 Å². The highest BCUT2D eigenvalue weighted by molar-refractivity contribution is 7.99. The van der Waals surface area contributed by atoms with Crippen molar-refractivity contribution in [2.45, 2.75) is 18.2 Å². The normalized spacial score (nSPS) is 10.9. The first-order valence-corrected chi connectivity index (χ1v) is 10.9. The standard InChI is InChI=1S/C19H16ClN5O2S2/c20-14-5-3-13(4-6-14)17-8-7-15(27-17)10-21-18(26)12-29-19-22-23-24-25(19)11-16-2-1-9-28-16/h1-9H,10-12H2,(H,21,26). The van der Waals surface area contributed by atoms with Crippen molar-refractivity contribution in [1.82, 2.24) is 25.5 Å². The minimum Gasteiger partial charge on any atom is -0.459 e. The molecule has 0 radical (unpaired) electrons. The van der Waals surface area contributed by atoms with E-state index < -0.39 is 0 Å². The Hall–Kier alpha value is -2.62. The summed E-state index contributed by atoms with van der Waals surface area (Å²) in [6.07, 6.45) is 0. The average molecular weight is 446 g/mol. The number of amides is 1. The van der Waals surface area contributed by atoms with Gasteiger partial charge in [0.05, 0.1) is 18.8 Å². The molecule has 1 aromatic carbocycles. The topological polar surface area (TPSA) is 85.8 Å². The van der Waals surface area contributed by atoms with Crippen molar-refractivity contribution in [2.24, 2.45) is 0 Å². The van der Waals surface area contributed by atoms with Gasteiger partial charge in [-0.1, -0.05) is 29.4 Å². The van der Waals surface area contributed by atoms with E-state index in [1.165, 1.54) is 11.8 Å². The summed E-state index contributed by atoms with van der Waals surface area (Å²) in [4.78, 5) is 13.3. The Morgan fingerprint density at radius 1 is 1.21 bits per heavy atom. The number of thiophene rings is 1. The molecule has 7 nitrogen and oxygen atoms in total. The van der Waals surface area contributed by atoms with E-state index in [1.807, 2.05) is 53.9 Å². The van der Waals surface area contributed by atoms with Crippen molar-refractivity contribution in [3.05, 3.63) is 69.6 Å². The van der Waals surface area contributed by atoms with Gasteiger partial charge in [0.2, 0.25) is 11.1 Å². The number of tetrazole rings is 1. The highest BCUT2D eigenvalue weighted by atomic mass is 35.5. The van der Waals surface area contributed by atoms with E-state index in [0.717, 1.165) is 16.2 Å². The third-order valence-electron chi connectivity index (χ3n) is 3.97. The number of halogens is 1. The van der Waals surface area contributed by atoms with Crippen LogP contribution in [-0.4, -0.2) is 31.9 Å². The van der Waals surface area contributed by atoms with Crippen LogP contribution in [0, 0.1) is 0 Å². The summed E-state index contributed by atoms with van der Waals surface area (Å²) in [5.74, 6) is 1.50. The molecule has 4 aromatic rings. The van der Waals surface area contributed by atoms with Crippen LogP contribution < -0.4 is 5.32 Å². The van der Waals surface area contributed by atoms with Crippen LogP contribution in [0.2, 0.25) is 5.02 Å². The molecule has 29 heavy (non-hydrogen) atoms. The van der Waals surface area contributed by atoms with E-state index in [4.69, 9.17) is 16.0 Å². The molecule has 0 aliphatic rings. The van der Waals surface area contributed by atoms with E-state index >= 15 is 0 Å². The van der Waals surface area contributed by atoms with Crippen LogP contribution in [0.1, 0.15) is 10.6 Å². The summed E-state index contributed by atoms with van der Waals surface area (Å²) in [6, 6.07) is 15.1. The molecule has 1 amide bonds. The zero-order valence-electron chi connectivity index (χ0n) is 15.1. The van der Waals surface area contributed by atoms with Gasteiger partial charge in [-0.25, -0.2) is 4.68 Å². The Morgan fingerprint density at radius 3 is 2.86 bits per heavy atom. The number of hydrogen-bond acceptors (Lipinski definition) is 7. The summed E-state index contributed by atoms with van der Waals surface area (Å²) < 4.78 is 7.48. The van der Waals surface area contributed by atoms with Crippen molar-refractivity contribution < 1.29 is 9.21 Å². The molecule has 0 aliphatic carbocycles. The molecule has 0 aliphatic heterocycles. The third-order valence-corrected chi connectivity index (χ3v) is 6.04. The van der Waals surface area contributed by atoms with Crippen molar-refractivity contribution >= 4 is 40.6 Å². The highest BCUT2D eigenvalue weighted by Gasteiger charge is 2.12. The fourth-order valence-corrected chi connectivity index (χ4v) is 4.08. The number of hydrogen-bond donors (Lipinski definition) is 1. The number of aromatic nitrogens is 4. The van der Waals surface area contributed by atoms with Crippen molar-refractivity contribution in [3.8, 4) is 11.3 Å². The number of nitrogens with zero attached hydrogens (tertiary/aromatic N) is 4. The first-order valence-electron chi connectivity index (χ1n) is 8.70. The second kappa shape index (κ2) is 9.25. The summed E-state index contributed by atoms with van der Waals surface area (Å²) in [5.41, 5.74) is 0.931. The van der Waals surface area contributed by atoms with Crippen molar-refractivity contribution in [2.75, 3.05) is 5.75 Å². The van der Waals surface area contributed by atoms with Crippen LogP contribution in [0.15, 0.2) is 63.5 Å². The predicted octanol–water partition coefficient (Wildman–Crippen LogP) is 4.10. The van der Waals surface area contributed by atoms with Crippen molar-refractivity contribution in [3.63, 3.8) is 0 Å². The van der Waals surface area contributed by atoms with Gasteiger partial charge in [0, 0.05) is 15.5 Å². The van der Waals surface area contributed by atoms with E-state index in [-0.39, 0.29) is 11.7 Å². The number of carbonyl (C=O) groups is 1. The third kappa shape index (κ3) is 5.26. The smallest absolute Gasteiger partial charge is 0.230 e. The fourth-order valence-electron chi connectivity index (χ4n) is 2.56. The number of furan rings is 1. The van der Waals surface area contributed by atoms with Gasteiger partial charge in [0.1, 0.15) is 11.5 Å². The van der Waals surface area contributed by atoms with Crippen LogP contribution in [0.5, 0.6) is 0 Å². The quantitative estimate of drug-likeness (QED) is 0.411. The lowest BCUT2D eigenvalue weighted by atomic mass is 10.2. The molecule has 0 fully saturated rings. The second-order valence-corrected chi connectivity index (χ2v) is 8.45. The number of benzene rings is 1. The Bertz CT molecular complexity index is 1080. The summed E-state index contributed by atoms with van der Waals surface area (Å²) in [6.45, 7) is 0.904. The lowest BCUT2D eigenvalue weighted by Crippen LogP contribution is -2.24. The van der Waals surface area contributed by atoms with E-state index in [1.54, 1.807) is 16.0 Å². The largest absolute Gasteiger partial charge is 0.459 e. The summed E-state index contributed by atoms with van der Waals surface area (Å²) in [7, 11) is 0. The van der Waals surface area contributed by atoms with Gasteiger partial charge in [-0.15, -0.1) is 16.4 Å². The number of nitrogens with one attached hydrogen (secondary N) is 1. The molecule has 10 heteroatoms. The van der Waals surface area contributed by atoms with E-state index in [2.05, 4.69) is 20.8 Å². The molecular weight excluding hydrogens is 430 g/mol. The van der Waals surface area contributed by atoms with Crippen LogP contribution in [0.4, 0.5) is 0 Å². The lowest BCUT2D eigenvalue weighted by Gasteiger charge is -2.04. The summed E-state index contributed by atoms with van der Waals surface area (Å²) >= 11 is 8.84. The van der Waals surface area contributed by atoms with E-state index in [9.17, 15) is 4.79 Å². The summed E-state index contributed by atoms with van der Waals surface area (Å²) in [5, 5.41) is 17.8. The van der Waals surface area contributed by atoms with Crippen LogP contribution in [0.3, 0.4) is 0 Å². The SMILES string of the molecule is O=C(CSc1nnnn1Cc1cccs1)NCc1ccc(-c2ccc(Cl)cc2)o1. The monoisotopic (exact) mass is 445 g/mol. The Morgan fingerprint density at radius 2 is 2.07 bits per heavy atom. The van der Waals surface area contributed by atoms with Gasteiger partial charge in [0.25, 0.3) is 0 Å². The van der Waals surface area contributed by atoms with E-state index in [0.29, 0.717) is 29.0 Å². The lowest BCUT2D eigenvalue weighted by molar-refractivity contribution is -0.118. The first kappa shape index (κ1) is 19.7. The average Bonchev–Trinajstić information content (AvgIpc) is 3.48. The molecule has 3 aromatic heterocycles. The van der Waals surface area contributed by atoms with Gasteiger partial charge in [-0.05, 0) is 58.3 Å². The predicted molar refractivity (Wildman–Crippen MR) is 113 cm³/mol. The van der Waals surface area contributed by atoms with Crippen molar-refractivity contribution in [1.29, 1.82) is 0 Å². The molecule has 0 unspecified atom stereocenters. The molecule has 3 heterocycles. The molecule has 0 atom stereocenters. The first-order chi connectivity index (χ1) is 14.2. The number of carbonyl (C=O) groups excluding carboxylic acids is 1. The molecule has 0 saturated carbocycles. The molecule has 1 N–H and O–H groups in total. The molecule has 148 valence electrons. The van der Waals surface area contributed by atoms with Crippen LogP contribution in [0.25, 0.3) is 11.3 Å². The molecular formula is C19H16ClN5O2S2. The molecule has 0 saturated heterocycles. The number of thioether (sulfide) groups is 1. The Labute approximate surface area is 180 Å². The van der Waals surface area contributed by atoms with Gasteiger partial charge >= 0.3 is 0 Å².